The van der Waals surface area contributed by atoms with Crippen LogP contribution in [0.4, 0.5) is 8.78 Å². The molecule has 1 aliphatic heterocycles. The van der Waals surface area contributed by atoms with Gasteiger partial charge in [0.1, 0.15) is 11.6 Å². The van der Waals surface area contributed by atoms with Crippen LogP contribution in [0.1, 0.15) is 32.3 Å². The van der Waals surface area contributed by atoms with Crippen molar-refractivity contribution in [3.8, 4) is 0 Å². The van der Waals surface area contributed by atoms with Crippen molar-refractivity contribution in [2.75, 3.05) is 32.8 Å². The highest BCUT2D eigenvalue weighted by Gasteiger charge is 2.27. The topological polar surface area (TPSA) is 53.9 Å². The Bertz CT molecular complexity index is 609. The number of esters is 1. The summed E-state index contributed by atoms with van der Waals surface area (Å²) in [6, 6.07) is 3.87. The minimum Gasteiger partial charge on any atom is -0.466 e. The van der Waals surface area contributed by atoms with E-state index in [1.165, 1.54) is 18.2 Å². The number of rotatable bonds is 6. The molecular formula is C19H27F2N3O2. The molecule has 1 N–H and O–H groups in total. The number of carbonyl (C=O) groups is 1. The van der Waals surface area contributed by atoms with Crippen molar-refractivity contribution < 1.29 is 18.3 Å². The van der Waals surface area contributed by atoms with Crippen LogP contribution >= 0.6 is 0 Å². The molecule has 7 heteroatoms. The summed E-state index contributed by atoms with van der Waals surface area (Å²) in [5.41, 5.74) is 0.0631. The second-order valence-corrected chi connectivity index (χ2v) is 6.20. The Morgan fingerprint density at radius 1 is 1.27 bits per heavy atom. The van der Waals surface area contributed by atoms with Gasteiger partial charge < -0.3 is 15.0 Å². The van der Waals surface area contributed by atoms with E-state index >= 15 is 0 Å². The minimum atomic E-state index is -0.541. The summed E-state index contributed by atoms with van der Waals surface area (Å²) in [5.74, 6) is -0.571. The van der Waals surface area contributed by atoms with Crippen LogP contribution in [-0.4, -0.2) is 49.6 Å². The van der Waals surface area contributed by atoms with Gasteiger partial charge in [0.05, 0.1) is 12.5 Å². The second kappa shape index (κ2) is 10.1. The SMILES string of the molecule is CCNC(=NCCc1c(F)cccc1F)N1CCC(C(=O)OCC)CC1. The van der Waals surface area contributed by atoms with E-state index in [9.17, 15) is 13.6 Å². The summed E-state index contributed by atoms with van der Waals surface area (Å²) < 4.78 is 32.5. The van der Waals surface area contributed by atoms with Crippen molar-refractivity contribution in [1.82, 2.24) is 10.2 Å². The predicted molar refractivity (Wildman–Crippen MR) is 97.0 cm³/mol. The van der Waals surface area contributed by atoms with Gasteiger partial charge in [0.15, 0.2) is 5.96 Å². The van der Waals surface area contributed by atoms with Crippen LogP contribution < -0.4 is 5.32 Å². The van der Waals surface area contributed by atoms with E-state index < -0.39 is 11.6 Å². The standard InChI is InChI=1S/C19H27F2N3O2/c1-3-22-19(23-11-8-15-16(20)6-5-7-17(15)21)24-12-9-14(10-13-24)18(25)26-4-2/h5-7,14H,3-4,8-13H2,1-2H3,(H,22,23). The molecule has 1 aliphatic rings. The van der Waals surface area contributed by atoms with Gasteiger partial charge in [-0.1, -0.05) is 6.07 Å². The molecule has 1 saturated heterocycles. The summed E-state index contributed by atoms with van der Waals surface area (Å²) in [6.45, 7) is 6.56. The quantitative estimate of drug-likeness (QED) is 0.477. The third-order valence-electron chi connectivity index (χ3n) is 4.43. The van der Waals surface area contributed by atoms with E-state index in [0.717, 1.165) is 0 Å². The molecule has 5 nitrogen and oxygen atoms in total. The van der Waals surface area contributed by atoms with E-state index in [1.807, 2.05) is 6.92 Å². The van der Waals surface area contributed by atoms with Gasteiger partial charge >= 0.3 is 5.97 Å². The van der Waals surface area contributed by atoms with Crippen LogP contribution in [0.2, 0.25) is 0 Å². The number of hydrogen-bond donors (Lipinski definition) is 1. The van der Waals surface area contributed by atoms with Gasteiger partial charge in [-0.3, -0.25) is 9.79 Å². The largest absolute Gasteiger partial charge is 0.466 e. The van der Waals surface area contributed by atoms with Gasteiger partial charge in [-0.2, -0.15) is 0 Å². The van der Waals surface area contributed by atoms with E-state index in [2.05, 4.69) is 15.2 Å². The van der Waals surface area contributed by atoms with Crippen molar-refractivity contribution in [3.05, 3.63) is 35.4 Å². The number of ether oxygens (including phenoxy) is 1. The first-order valence-corrected chi connectivity index (χ1v) is 9.19. The van der Waals surface area contributed by atoms with Crippen LogP contribution in [0, 0.1) is 17.6 Å². The smallest absolute Gasteiger partial charge is 0.309 e. The molecule has 0 radical (unpaired) electrons. The second-order valence-electron chi connectivity index (χ2n) is 6.20. The van der Waals surface area contributed by atoms with E-state index in [4.69, 9.17) is 4.74 Å². The van der Waals surface area contributed by atoms with Gasteiger partial charge in [-0.15, -0.1) is 0 Å². The third kappa shape index (κ3) is 5.41. The van der Waals surface area contributed by atoms with Gasteiger partial charge in [-0.25, -0.2) is 8.78 Å². The van der Waals surface area contributed by atoms with Crippen molar-refractivity contribution in [2.24, 2.45) is 10.9 Å². The number of halogens is 2. The van der Waals surface area contributed by atoms with E-state index in [-0.39, 0.29) is 30.4 Å². The molecule has 144 valence electrons. The van der Waals surface area contributed by atoms with Crippen LogP contribution in [0.25, 0.3) is 0 Å². The number of nitrogens with one attached hydrogen (secondary N) is 1. The molecule has 1 fully saturated rings. The zero-order chi connectivity index (χ0) is 18.9. The summed E-state index contributed by atoms with van der Waals surface area (Å²) in [6.07, 6.45) is 1.63. The first kappa shape index (κ1) is 20.1. The summed E-state index contributed by atoms with van der Waals surface area (Å²) in [5, 5.41) is 3.21. The average molecular weight is 367 g/mol. The van der Waals surface area contributed by atoms with E-state index in [0.29, 0.717) is 45.0 Å². The Hall–Kier alpha value is -2.18. The highest BCUT2D eigenvalue weighted by atomic mass is 19.1. The van der Waals surface area contributed by atoms with Crippen molar-refractivity contribution in [1.29, 1.82) is 0 Å². The lowest BCUT2D eigenvalue weighted by atomic mass is 9.97. The Morgan fingerprint density at radius 3 is 2.50 bits per heavy atom. The number of piperidine rings is 1. The predicted octanol–water partition coefficient (Wildman–Crippen LogP) is 2.75. The van der Waals surface area contributed by atoms with Crippen molar-refractivity contribution in [2.45, 2.75) is 33.1 Å². The fourth-order valence-electron chi connectivity index (χ4n) is 3.06. The zero-order valence-electron chi connectivity index (χ0n) is 15.4. The average Bonchev–Trinajstić information content (AvgIpc) is 2.63. The molecule has 0 unspecified atom stereocenters. The van der Waals surface area contributed by atoms with Crippen LogP contribution in [0.3, 0.4) is 0 Å². The van der Waals surface area contributed by atoms with Gasteiger partial charge in [-0.05, 0) is 45.2 Å². The number of hydrogen-bond acceptors (Lipinski definition) is 3. The number of likely N-dealkylation sites (tertiary alicyclic amines) is 1. The molecular weight excluding hydrogens is 340 g/mol. The van der Waals surface area contributed by atoms with E-state index in [1.54, 1.807) is 6.92 Å². The highest BCUT2D eigenvalue weighted by Crippen LogP contribution is 2.19. The van der Waals surface area contributed by atoms with Crippen molar-refractivity contribution >= 4 is 11.9 Å². The van der Waals surface area contributed by atoms with Gasteiger partial charge in [0, 0.05) is 31.7 Å². The van der Waals surface area contributed by atoms with Gasteiger partial charge in [0.2, 0.25) is 0 Å². The van der Waals surface area contributed by atoms with Gasteiger partial charge in [0.25, 0.3) is 0 Å². The highest BCUT2D eigenvalue weighted by molar-refractivity contribution is 5.80. The van der Waals surface area contributed by atoms with Crippen LogP contribution in [-0.2, 0) is 16.0 Å². The minimum absolute atomic E-state index is 0.0631. The Labute approximate surface area is 153 Å². The lowest BCUT2D eigenvalue weighted by Crippen LogP contribution is -2.46. The molecule has 0 amide bonds. The molecule has 2 rings (SSSR count). The number of aliphatic imine (C=N–C) groups is 1. The number of carbonyl (C=O) groups excluding carboxylic acids is 1. The molecule has 0 saturated carbocycles. The molecule has 1 heterocycles. The van der Waals surface area contributed by atoms with Crippen molar-refractivity contribution in [3.63, 3.8) is 0 Å². The lowest BCUT2D eigenvalue weighted by Gasteiger charge is -2.33. The number of benzene rings is 1. The number of guanidine groups is 1. The zero-order valence-corrected chi connectivity index (χ0v) is 15.4. The lowest BCUT2D eigenvalue weighted by molar-refractivity contribution is -0.149. The number of nitrogens with zero attached hydrogens (tertiary/aromatic N) is 2. The normalized spacial score (nSPS) is 15.8. The Balaban J connectivity index is 1.94. The molecule has 0 atom stereocenters. The molecule has 0 spiro atoms. The fraction of sp³-hybridized carbons (Fsp3) is 0.579. The summed E-state index contributed by atoms with van der Waals surface area (Å²) in [7, 11) is 0. The molecule has 1 aromatic rings. The monoisotopic (exact) mass is 367 g/mol. The molecule has 0 aliphatic carbocycles. The molecule has 0 aromatic heterocycles. The first-order chi connectivity index (χ1) is 12.6. The maximum absolute atomic E-state index is 13.7. The summed E-state index contributed by atoms with van der Waals surface area (Å²) >= 11 is 0. The molecule has 0 bridgehead atoms. The maximum Gasteiger partial charge on any atom is 0.309 e. The van der Waals surface area contributed by atoms with Crippen LogP contribution in [0.15, 0.2) is 23.2 Å². The third-order valence-corrected chi connectivity index (χ3v) is 4.43. The molecule has 26 heavy (non-hydrogen) atoms. The first-order valence-electron chi connectivity index (χ1n) is 9.19. The van der Waals surface area contributed by atoms with Crippen LogP contribution in [0.5, 0.6) is 0 Å². The Morgan fingerprint density at radius 2 is 1.92 bits per heavy atom. The maximum atomic E-state index is 13.7. The molecule has 1 aromatic carbocycles. The summed E-state index contributed by atoms with van der Waals surface area (Å²) in [4.78, 5) is 18.4. The Kier molecular flexibility index (Phi) is 7.81. The fourth-order valence-corrected chi connectivity index (χ4v) is 3.06.